The highest BCUT2D eigenvalue weighted by molar-refractivity contribution is 5.85. The van der Waals surface area contributed by atoms with Crippen LogP contribution >= 0.6 is 12.4 Å². The Labute approximate surface area is 146 Å². The first-order valence-electron chi connectivity index (χ1n) is 8.21. The van der Waals surface area contributed by atoms with Crippen molar-refractivity contribution in [2.24, 2.45) is 11.8 Å². The summed E-state index contributed by atoms with van der Waals surface area (Å²) in [4.78, 5) is 2.55. The van der Waals surface area contributed by atoms with Crippen LogP contribution in [0.15, 0.2) is 18.2 Å². The number of ether oxygens (including phenoxy) is 3. The average Bonchev–Trinajstić information content (AvgIpc) is 2.54. The molecule has 0 aromatic heterocycles. The predicted molar refractivity (Wildman–Crippen MR) is 96.3 cm³/mol. The van der Waals surface area contributed by atoms with Gasteiger partial charge in [-0.25, -0.2) is 0 Å². The molecule has 1 saturated heterocycles. The van der Waals surface area contributed by atoms with Gasteiger partial charge in [0, 0.05) is 13.1 Å². The number of rotatable bonds is 7. The maximum absolute atomic E-state index is 5.91. The van der Waals surface area contributed by atoms with E-state index in [1.54, 1.807) is 14.2 Å². The van der Waals surface area contributed by atoms with E-state index in [0.717, 1.165) is 36.3 Å². The van der Waals surface area contributed by atoms with Gasteiger partial charge in [-0.15, -0.1) is 12.4 Å². The van der Waals surface area contributed by atoms with Crippen LogP contribution in [-0.4, -0.2) is 45.4 Å². The van der Waals surface area contributed by atoms with Gasteiger partial charge in [-0.3, -0.25) is 0 Å². The van der Waals surface area contributed by atoms with Crippen LogP contribution in [0.3, 0.4) is 0 Å². The highest BCUT2D eigenvalue weighted by Gasteiger charge is 2.22. The van der Waals surface area contributed by atoms with Crippen molar-refractivity contribution < 1.29 is 14.2 Å². The van der Waals surface area contributed by atoms with Crippen LogP contribution in [0.5, 0.6) is 17.2 Å². The van der Waals surface area contributed by atoms with Gasteiger partial charge in [0.2, 0.25) is 5.75 Å². The smallest absolute Gasteiger partial charge is 0.203 e. The number of methoxy groups -OCH3 is 2. The van der Waals surface area contributed by atoms with Crippen LogP contribution in [0.2, 0.25) is 0 Å². The van der Waals surface area contributed by atoms with Crippen LogP contribution in [0, 0.1) is 11.8 Å². The molecule has 1 aliphatic heterocycles. The Morgan fingerprint density at radius 3 is 2.30 bits per heavy atom. The molecule has 1 aromatic rings. The molecule has 132 valence electrons. The van der Waals surface area contributed by atoms with E-state index in [-0.39, 0.29) is 12.4 Å². The lowest BCUT2D eigenvalue weighted by Gasteiger charge is -2.35. The minimum Gasteiger partial charge on any atom is -0.493 e. The van der Waals surface area contributed by atoms with Gasteiger partial charge in [-0.1, -0.05) is 19.9 Å². The number of hydrogen-bond donors (Lipinski definition) is 0. The van der Waals surface area contributed by atoms with E-state index in [0.29, 0.717) is 12.4 Å². The van der Waals surface area contributed by atoms with Crippen molar-refractivity contribution in [3.8, 4) is 17.2 Å². The fraction of sp³-hybridized carbons (Fsp3) is 0.667. The van der Waals surface area contributed by atoms with Crippen molar-refractivity contribution in [3.63, 3.8) is 0 Å². The zero-order valence-corrected chi connectivity index (χ0v) is 15.5. The topological polar surface area (TPSA) is 30.9 Å². The zero-order valence-electron chi connectivity index (χ0n) is 14.7. The van der Waals surface area contributed by atoms with E-state index in [1.807, 2.05) is 18.2 Å². The Kier molecular flexibility index (Phi) is 8.56. The number of para-hydroxylation sites is 1. The van der Waals surface area contributed by atoms with E-state index in [9.17, 15) is 0 Å². The van der Waals surface area contributed by atoms with Gasteiger partial charge in [0.1, 0.15) is 0 Å². The first kappa shape index (κ1) is 19.9. The minimum absolute atomic E-state index is 0. The van der Waals surface area contributed by atoms with Crippen molar-refractivity contribution >= 4 is 12.4 Å². The molecule has 2 unspecified atom stereocenters. The number of piperidine rings is 1. The quantitative estimate of drug-likeness (QED) is 0.703. The SMILES string of the molecule is COc1cccc(OC)c1OCCCN1CCC(C)C(C)C1.Cl. The van der Waals surface area contributed by atoms with Crippen LogP contribution in [-0.2, 0) is 0 Å². The summed E-state index contributed by atoms with van der Waals surface area (Å²) in [6.07, 6.45) is 2.32. The van der Waals surface area contributed by atoms with Crippen molar-refractivity contribution in [3.05, 3.63) is 18.2 Å². The molecule has 1 fully saturated rings. The lowest BCUT2D eigenvalue weighted by molar-refractivity contribution is 0.130. The summed E-state index contributed by atoms with van der Waals surface area (Å²) in [5, 5.41) is 0. The number of hydrogen-bond acceptors (Lipinski definition) is 4. The highest BCUT2D eigenvalue weighted by Crippen LogP contribution is 2.36. The maximum Gasteiger partial charge on any atom is 0.203 e. The highest BCUT2D eigenvalue weighted by atomic mass is 35.5. The number of nitrogens with zero attached hydrogens (tertiary/aromatic N) is 1. The van der Waals surface area contributed by atoms with Gasteiger partial charge in [0.25, 0.3) is 0 Å². The lowest BCUT2D eigenvalue weighted by atomic mass is 9.89. The molecule has 0 amide bonds. The molecular formula is C18H30ClNO3. The Balaban J connectivity index is 0.00000264. The third kappa shape index (κ3) is 5.47. The van der Waals surface area contributed by atoms with E-state index in [2.05, 4.69) is 18.7 Å². The van der Waals surface area contributed by atoms with Crippen molar-refractivity contribution in [1.82, 2.24) is 4.90 Å². The lowest BCUT2D eigenvalue weighted by Crippen LogP contribution is -2.39. The molecule has 0 bridgehead atoms. The normalized spacial score (nSPS) is 21.4. The predicted octanol–water partition coefficient (Wildman–Crippen LogP) is 3.87. The summed E-state index contributed by atoms with van der Waals surface area (Å²) in [7, 11) is 3.30. The summed E-state index contributed by atoms with van der Waals surface area (Å²) in [5.74, 6) is 3.79. The van der Waals surface area contributed by atoms with Gasteiger partial charge >= 0.3 is 0 Å². The molecule has 2 rings (SSSR count). The van der Waals surface area contributed by atoms with Crippen LogP contribution in [0.4, 0.5) is 0 Å². The molecule has 1 aliphatic rings. The third-order valence-corrected chi connectivity index (χ3v) is 4.67. The van der Waals surface area contributed by atoms with E-state index >= 15 is 0 Å². The Bertz CT molecular complexity index is 447. The second kappa shape index (κ2) is 9.89. The summed E-state index contributed by atoms with van der Waals surface area (Å²) in [6.45, 7) is 8.90. The zero-order chi connectivity index (χ0) is 15.9. The molecule has 2 atom stereocenters. The molecule has 1 aromatic carbocycles. The molecule has 0 spiro atoms. The summed E-state index contributed by atoms with van der Waals surface area (Å²) in [6, 6.07) is 5.69. The molecule has 0 N–H and O–H groups in total. The van der Waals surface area contributed by atoms with Gasteiger partial charge in [0.15, 0.2) is 11.5 Å². The number of halogens is 1. The fourth-order valence-corrected chi connectivity index (χ4v) is 2.97. The van der Waals surface area contributed by atoms with Crippen molar-refractivity contribution in [1.29, 1.82) is 0 Å². The third-order valence-electron chi connectivity index (χ3n) is 4.67. The summed E-state index contributed by atoms with van der Waals surface area (Å²) < 4.78 is 16.6. The van der Waals surface area contributed by atoms with Crippen molar-refractivity contribution in [2.45, 2.75) is 26.7 Å². The first-order chi connectivity index (χ1) is 10.7. The van der Waals surface area contributed by atoms with Crippen LogP contribution < -0.4 is 14.2 Å². The van der Waals surface area contributed by atoms with Crippen LogP contribution in [0.25, 0.3) is 0 Å². The molecule has 5 heteroatoms. The second-order valence-corrected chi connectivity index (χ2v) is 6.24. The van der Waals surface area contributed by atoms with Gasteiger partial charge in [-0.2, -0.15) is 0 Å². The Hall–Kier alpha value is -1.13. The molecular weight excluding hydrogens is 314 g/mol. The summed E-state index contributed by atoms with van der Waals surface area (Å²) >= 11 is 0. The fourth-order valence-electron chi connectivity index (χ4n) is 2.97. The minimum atomic E-state index is 0. The molecule has 0 radical (unpaired) electrons. The van der Waals surface area contributed by atoms with Gasteiger partial charge < -0.3 is 19.1 Å². The van der Waals surface area contributed by atoms with E-state index in [1.165, 1.54) is 19.5 Å². The largest absolute Gasteiger partial charge is 0.493 e. The van der Waals surface area contributed by atoms with Gasteiger partial charge in [0.05, 0.1) is 20.8 Å². The average molecular weight is 344 g/mol. The summed E-state index contributed by atoms with van der Waals surface area (Å²) in [5.41, 5.74) is 0. The molecule has 0 saturated carbocycles. The van der Waals surface area contributed by atoms with Gasteiger partial charge in [-0.05, 0) is 43.4 Å². The van der Waals surface area contributed by atoms with E-state index < -0.39 is 0 Å². The molecule has 4 nitrogen and oxygen atoms in total. The van der Waals surface area contributed by atoms with Crippen LogP contribution in [0.1, 0.15) is 26.7 Å². The Morgan fingerprint density at radius 2 is 1.74 bits per heavy atom. The monoisotopic (exact) mass is 343 g/mol. The second-order valence-electron chi connectivity index (χ2n) is 6.24. The van der Waals surface area contributed by atoms with Crippen molar-refractivity contribution in [2.75, 3.05) is 40.5 Å². The number of likely N-dealkylation sites (tertiary alicyclic amines) is 1. The molecule has 0 aliphatic carbocycles. The maximum atomic E-state index is 5.91. The van der Waals surface area contributed by atoms with E-state index in [4.69, 9.17) is 14.2 Å². The Morgan fingerprint density at radius 1 is 1.09 bits per heavy atom. The molecule has 1 heterocycles. The number of benzene rings is 1. The first-order valence-corrected chi connectivity index (χ1v) is 8.21. The molecule has 23 heavy (non-hydrogen) atoms. The standard InChI is InChI=1S/C18H29NO3.ClH/c1-14-9-11-19(13-15(14)2)10-6-12-22-18-16(20-3)7-5-8-17(18)21-4;/h5,7-8,14-15H,6,9-13H2,1-4H3;1H.